The van der Waals surface area contributed by atoms with Crippen LogP contribution < -0.4 is 11.3 Å². The molecule has 6 N–H and O–H groups in total. The Kier molecular flexibility index (Phi) is 4.36. The molecular weight excluding hydrogens is 378 g/mol. The number of hydrogen-bond donors (Lipinski definition) is 5. The van der Waals surface area contributed by atoms with Crippen LogP contribution in [0.3, 0.4) is 0 Å². The number of rotatable bonds is 3. The Hall–Kier alpha value is -2.50. The molecule has 1 aromatic carbocycles. The molecule has 2 aromatic heterocycles. The largest absolute Gasteiger partial charge is 0.394 e. The van der Waals surface area contributed by atoms with Crippen LogP contribution in [0.25, 0.3) is 22.6 Å². The van der Waals surface area contributed by atoms with Crippen molar-refractivity contribution >= 4 is 28.7 Å². The lowest BCUT2D eigenvalue weighted by molar-refractivity contribution is -0.0503. The molecule has 1 fully saturated rings. The first-order valence-electron chi connectivity index (χ1n) is 8.07. The highest BCUT2D eigenvalue weighted by molar-refractivity contribution is 6.30. The van der Waals surface area contributed by atoms with Crippen LogP contribution in [0.1, 0.15) is 6.23 Å². The molecule has 10 nitrogen and oxygen atoms in total. The zero-order valence-corrected chi connectivity index (χ0v) is 14.5. The second-order valence-corrected chi connectivity index (χ2v) is 6.60. The number of nitrogens with zero attached hydrogens (tertiary/aromatic N) is 3. The van der Waals surface area contributed by atoms with Gasteiger partial charge in [-0.3, -0.25) is 14.3 Å². The van der Waals surface area contributed by atoms with Crippen LogP contribution in [-0.4, -0.2) is 59.8 Å². The monoisotopic (exact) mass is 393 g/mol. The highest BCUT2D eigenvalue weighted by Gasteiger charge is 2.45. The molecule has 0 aliphatic carbocycles. The van der Waals surface area contributed by atoms with Gasteiger partial charge in [-0.05, 0) is 24.3 Å². The molecule has 4 rings (SSSR count). The standard InChI is InChI=1S/C16H16ClN5O5/c17-7-3-1-6(2-4-7)12-19-9-13(20-16(18)21-14(9)26)22(12)15-11(25)10(24)8(5-23)27-15/h1-4,8,10-11,15,23-25H,5H2,(H3,18,20,21,26). The Morgan fingerprint density at radius 1 is 1.22 bits per heavy atom. The maximum absolute atomic E-state index is 12.3. The van der Waals surface area contributed by atoms with Gasteiger partial charge in [-0.1, -0.05) is 11.6 Å². The molecule has 11 heteroatoms. The van der Waals surface area contributed by atoms with Gasteiger partial charge < -0.3 is 25.8 Å². The van der Waals surface area contributed by atoms with Crippen molar-refractivity contribution in [2.75, 3.05) is 12.3 Å². The summed E-state index contributed by atoms with van der Waals surface area (Å²) < 4.78 is 6.99. The average molecular weight is 394 g/mol. The molecular formula is C16H16ClN5O5. The lowest BCUT2D eigenvalue weighted by Crippen LogP contribution is -2.33. The molecule has 1 aliphatic rings. The number of H-pyrrole nitrogens is 1. The van der Waals surface area contributed by atoms with Crippen LogP contribution in [0.4, 0.5) is 5.95 Å². The quantitative estimate of drug-likeness (QED) is 0.403. The van der Waals surface area contributed by atoms with E-state index in [4.69, 9.17) is 22.1 Å². The van der Waals surface area contributed by atoms with Gasteiger partial charge in [0.15, 0.2) is 17.4 Å². The average Bonchev–Trinajstić information content (AvgIpc) is 3.14. The van der Waals surface area contributed by atoms with Crippen LogP contribution >= 0.6 is 11.6 Å². The van der Waals surface area contributed by atoms with E-state index in [1.165, 1.54) is 4.57 Å². The summed E-state index contributed by atoms with van der Waals surface area (Å²) in [5, 5.41) is 30.4. The van der Waals surface area contributed by atoms with E-state index in [0.717, 1.165) is 0 Å². The highest BCUT2D eigenvalue weighted by Crippen LogP contribution is 2.35. The van der Waals surface area contributed by atoms with Crippen LogP contribution in [0.5, 0.6) is 0 Å². The Labute approximate surface area is 156 Å². The first kappa shape index (κ1) is 17.9. The number of nitrogens with one attached hydrogen (secondary N) is 1. The fourth-order valence-electron chi connectivity index (χ4n) is 3.14. The maximum atomic E-state index is 12.3. The fourth-order valence-corrected chi connectivity index (χ4v) is 3.26. The molecule has 3 aromatic rings. The Bertz CT molecular complexity index is 1050. The number of halogens is 1. The number of imidazole rings is 1. The summed E-state index contributed by atoms with van der Waals surface area (Å²) in [6, 6.07) is 6.64. The summed E-state index contributed by atoms with van der Waals surface area (Å²) in [6.45, 7) is -0.492. The van der Waals surface area contributed by atoms with E-state index in [0.29, 0.717) is 10.6 Å². The Morgan fingerprint density at radius 3 is 2.56 bits per heavy atom. The number of aromatic nitrogens is 4. The van der Waals surface area contributed by atoms with E-state index in [1.807, 2.05) is 0 Å². The van der Waals surface area contributed by atoms with Gasteiger partial charge in [-0.25, -0.2) is 4.98 Å². The molecule has 0 saturated carbocycles. The number of nitrogens with two attached hydrogens (primary N) is 1. The highest BCUT2D eigenvalue weighted by atomic mass is 35.5. The molecule has 0 bridgehead atoms. The number of aromatic amines is 1. The normalized spacial score (nSPS) is 25.3. The summed E-state index contributed by atoms with van der Waals surface area (Å²) in [5.41, 5.74) is 5.75. The van der Waals surface area contributed by atoms with Gasteiger partial charge in [0.05, 0.1) is 6.61 Å². The number of aliphatic hydroxyl groups excluding tert-OH is 3. The summed E-state index contributed by atoms with van der Waals surface area (Å²) >= 11 is 5.93. The number of fused-ring (bicyclic) bond motifs is 1. The number of nitrogen functional groups attached to an aromatic ring is 1. The second kappa shape index (κ2) is 6.59. The van der Waals surface area contributed by atoms with Gasteiger partial charge in [-0.15, -0.1) is 0 Å². The second-order valence-electron chi connectivity index (χ2n) is 6.16. The van der Waals surface area contributed by atoms with Crippen LogP contribution in [-0.2, 0) is 4.74 Å². The molecule has 1 saturated heterocycles. The predicted octanol–water partition coefficient (Wildman–Crippen LogP) is -0.366. The van der Waals surface area contributed by atoms with Crippen molar-refractivity contribution in [1.29, 1.82) is 0 Å². The first-order valence-corrected chi connectivity index (χ1v) is 8.44. The topological polar surface area (TPSA) is 160 Å². The van der Waals surface area contributed by atoms with Gasteiger partial charge in [0.1, 0.15) is 24.1 Å². The van der Waals surface area contributed by atoms with Gasteiger partial charge in [0.2, 0.25) is 5.95 Å². The van der Waals surface area contributed by atoms with E-state index in [-0.39, 0.29) is 22.9 Å². The van der Waals surface area contributed by atoms with E-state index < -0.39 is 36.7 Å². The molecule has 3 heterocycles. The van der Waals surface area contributed by atoms with Gasteiger partial charge in [-0.2, -0.15) is 4.98 Å². The summed E-state index contributed by atoms with van der Waals surface area (Å²) in [5.74, 6) is 0.128. The summed E-state index contributed by atoms with van der Waals surface area (Å²) in [4.78, 5) is 23.1. The van der Waals surface area contributed by atoms with Gasteiger partial charge in [0, 0.05) is 10.6 Å². The molecule has 4 atom stereocenters. The van der Waals surface area contributed by atoms with Crippen LogP contribution in [0, 0.1) is 0 Å². The van der Waals surface area contributed by atoms with E-state index in [2.05, 4.69) is 15.0 Å². The summed E-state index contributed by atoms with van der Waals surface area (Å²) in [6.07, 6.45) is -4.84. The van der Waals surface area contributed by atoms with E-state index >= 15 is 0 Å². The lowest BCUT2D eigenvalue weighted by atomic mass is 10.1. The lowest BCUT2D eigenvalue weighted by Gasteiger charge is -2.19. The molecule has 0 spiro atoms. The zero-order valence-electron chi connectivity index (χ0n) is 13.8. The Morgan fingerprint density at radius 2 is 1.93 bits per heavy atom. The van der Waals surface area contributed by atoms with Crippen LogP contribution in [0.15, 0.2) is 29.1 Å². The van der Waals surface area contributed by atoms with Crippen molar-refractivity contribution < 1.29 is 20.1 Å². The number of hydrogen-bond acceptors (Lipinski definition) is 8. The first-order chi connectivity index (χ1) is 12.9. The van der Waals surface area contributed by atoms with E-state index in [9.17, 15) is 20.1 Å². The molecule has 1 aliphatic heterocycles. The molecule has 27 heavy (non-hydrogen) atoms. The number of ether oxygens (including phenoxy) is 1. The predicted molar refractivity (Wildman–Crippen MR) is 96.0 cm³/mol. The third-order valence-corrected chi connectivity index (χ3v) is 4.69. The Balaban J connectivity index is 1.98. The van der Waals surface area contributed by atoms with Gasteiger partial charge in [0.25, 0.3) is 5.56 Å². The third-order valence-electron chi connectivity index (χ3n) is 4.44. The van der Waals surface area contributed by atoms with Crippen molar-refractivity contribution in [1.82, 2.24) is 19.5 Å². The van der Waals surface area contributed by atoms with Gasteiger partial charge >= 0.3 is 0 Å². The minimum atomic E-state index is -1.38. The zero-order chi connectivity index (χ0) is 19.3. The van der Waals surface area contributed by atoms with Crippen LogP contribution in [0.2, 0.25) is 5.02 Å². The maximum Gasteiger partial charge on any atom is 0.280 e. The number of aliphatic hydroxyl groups is 3. The van der Waals surface area contributed by atoms with Crippen molar-refractivity contribution in [2.24, 2.45) is 0 Å². The van der Waals surface area contributed by atoms with Crippen molar-refractivity contribution in [3.63, 3.8) is 0 Å². The number of benzene rings is 1. The van der Waals surface area contributed by atoms with E-state index in [1.54, 1.807) is 24.3 Å². The smallest absolute Gasteiger partial charge is 0.280 e. The summed E-state index contributed by atoms with van der Waals surface area (Å²) in [7, 11) is 0. The minimum Gasteiger partial charge on any atom is -0.394 e. The van der Waals surface area contributed by atoms with Crippen molar-refractivity contribution in [2.45, 2.75) is 24.5 Å². The fraction of sp³-hybridized carbons (Fsp3) is 0.312. The third kappa shape index (κ3) is 2.87. The minimum absolute atomic E-state index is 0.00751. The molecule has 0 amide bonds. The molecule has 0 radical (unpaired) electrons. The number of anilines is 1. The van der Waals surface area contributed by atoms with Crippen molar-refractivity contribution in [3.05, 3.63) is 39.6 Å². The molecule has 142 valence electrons. The SMILES string of the molecule is Nc1nc2c(nc(-c3ccc(Cl)cc3)n2C2OC(CO)C(O)C2O)c(=O)[nH]1. The van der Waals surface area contributed by atoms with Crippen molar-refractivity contribution in [3.8, 4) is 11.4 Å². The molecule has 4 unspecified atom stereocenters.